The number of nitro groups is 1. The molecule has 0 aliphatic carbocycles. The van der Waals surface area contributed by atoms with Crippen LogP contribution in [-0.2, 0) is 0 Å². The van der Waals surface area contributed by atoms with Gasteiger partial charge in [-0.3, -0.25) is 10.1 Å². The van der Waals surface area contributed by atoms with Crippen LogP contribution < -0.4 is 5.32 Å². The maximum absolute atomic E-state index is 10.9. The van der Waals surface area contributed by atoms with Gasteiger partial charge in [-0.2, -0.15) is 4.98 Å². The van der Waals surface area contributed by atoms with Crippen molar-refractivity contribution in [1.82, 2.24) is 14.9 Å². The van der Waals surface area contributed by atoms with Crippen molar-refractivity contribution >= 4 is 23.1 Å². The van der Waals surface area contributed by atoms with Crippen molar-refractivity contribution < 1.29 is 4.92 Å². The summed E-state index contributed by atoms with van der Waals surface area (Å²) in [5.74, 6) is 0.185. The van der Waals surface area contributed by atoms with Crippen molar-refractivity contribution in [2.75, 3.05) is 31.5 Å². The molecule has 0 unspecified atom stereocenters. The van der Waals surface area contributed by atoms with Gasteiger partial charge in [0.15, 0.2) is 0 Å². The quantitative estimate of drug-likeness (QED) is 0.510. The molecule has 0 amide bonds. The molecule has 7 nitrogen and oxygen atoms in total. The van der Waals surface area contributed by atoms with Gasteiger partial charge in [0.2, 0.25) is 11.1 Å². The molecule has 2 rings (SSSR count). The van der Waals surface area contributed by atoms with Crippen LogP contribution in [0.25, 0.3) is 0 Å². The van der Waals surface area contributed by atoms with E-state index in [-0.39, 0.29) is 16.8 Å². The number of anilines is 1. The van der Waals surface area contributed by atoms with Crippen LogP contribution in [-0.4, -0.2) is 46.0 Å². The Balaban J connectivity index is 1.89. The van der Waals surface area contributed by atoms with Gasteiger partial charge in [-0.05, 0) is 37.5 Å². The van der Waals surface area contributed by atoms with Crippen LogP contribution in [0.2, 0.25) is 5.28 Å². The molecular formula is C12H18ClN5O2. The van der Waals surface area contributed by atoms with Crippen LogP contribution in [0.5, 0.6) is 0 Å². The molecule has 1 aromatic rings. The van der Waals surface area contributed by atoms with Gasteiger partial charge in [-0.15, -0.1) is 0 Å². The molecular weight excluding hydrogens is 282 g/mol. The van der Waals surface area contributed by atoms with E-state index in [1.54, 1.807) is 0 Å². The molecule has 1 fully saturated rings. The molecule has 0 saturated carbocycles. The number of rotatable bonds is 5. The Morgan fingerprint density at radius 3 is 2.70 bits per heavy atom. The Morgan fingerprint density at radius 2 is 2.05 bits per heavy atom. The van der Waals surface area contributed by atoms with Crippen LogP contribution in [0.3, 0.4) is 0 Å². The summed E-state index contributed by atoms with van der Waals surface area (Å²) in [6.45, 7) is 3.63. The normalized spacial score (nSPS) is 16.6. The molecule has 1 N–H and O–H groups in total. The molecule has 0 spiro atoms. The summed E-state index contributed by atoms with van der Waals surface area (Å²) in [6.07, 6.45) is 6.15. The smallest absolute Gasteiger partial charge is 0.329 e. The predicted octanol–water partition coefficient (Wildman–Crippen LogP) is 2.33. The van der Waals surface area contributed by atoms with E-state index in [0.717, 1.165) is 25.8 Å². The van der Waals surface area contributed by atoms with Crippen molar-refractivity contribution in [2.45, 2.75) is 25.7 Å². The zero-order valence-corrected chi connectivity index (χ0v) is 12.0. The average molecular weight is 300 g/mol. The molecule has 110 valence electrons. The molecule has 1 aliphatic heterocycles. The van der Waals surface area contributed by atoms with Crippen LogP contribution in [0.4, 0.5) is 11.5 Å². The average Bonchev–Trinajstić information content (AvgIpc) is 2.67. The van der Waals surface area contributed by atoms with Crippen LogP contribution in [0.1, 0.15) is 25.7 Å². The number of aromatic nitrogens is 2. The van der Waals surface area contributed by atoms with Crippen molar-refractivity contribution in [3.8, 4) is 0 Å². The molecule has 0 bridgehead atoms. The molecule has 0 aromatic carbocycles. The molecule has 0 radical (unpaired) electrons. The molecule has 1 aromatic heterocycles. The fourth-order valence-electron chi connectivity index (χ4n) is 2.31. The number of hydrogen-bond donors (Lipinski definition) is 1. The highest BCUT2D eigenvalue weighted by molar-refractivity contribution is 6.28. The van der Waals surface area contributed by atoms with Gasteiger partial charge in [-0.1, -0.05) is 12.8 Å². The molecule has 20 heavy (non-hydrogen) atoms. The summed E-state index contributed by atoms with van der Waals surface area (Å²) in [4.78, 5) is 20.2. The van der Waals surface area contributed by atoms with E-state index in [1.165, 1.54) is 25.7 Å². The van der Waals surface area contributed by atoms with Gasteiger partial charge in [-0.25, -0.2) is 4.98 Å². The zero-order chi connectivity index (χ0) is 14.4. The number of halogens is 1. The fourth-order valence-corrected chi connectivity index (χ4v) is 2.44. The van der Waals surface area contributed by atoms with Gasteiger partial charge in [0.05, 0.1) is 4.92 Å². The van der Waals surface area contributed by atoms with E-state index >= 15 is 0 Å². The third-order valence-corrected chi connectivity index (χ3v) is 3.54. The Kier molecular flexibility index (Phi) is 5.49. The maximum Gasteiger partial charge on any atom is 0.329 e. The second-order valence-corrected chi connectivity index (χ2v) is 5.15. The van der Waals surface area contributed by atoms with Gasteiger partial charge >= 0.3 is 5.69 Å². The van der Waals surface area contributed by atoms with Gasteiger partial charge in [0, 0.05) is 13.1 Å². The van der Waals surface area contributed by atoms with E-state index in [9.17, 15) is 10.1 Å². The Morgan fingerprint density at radius 1 is 1.35 bits per heavy atom. The van der Waals surface area contributed by atoms with Crippen molar-refractivity contribution in [3.05, 3.63) is 21.6 Å². The summed E-state index contributed by atoms with van der Waals surface area (Å²) in [5.41, 5.74) is -0.148. The van der Waals surface area contributed by atoms with Gasteiger partial charge in [0.1, 0.15) is 6.20 Å². The largest absolute Gasteiger partial charge is 0.363 e. The third-order valence-electron chi connectivity index (χ3n) is 3.36. The van der Waals surface area contributed by atoms with E-state index in [1.807, 2.05) is 0 Å². The number of nitrogens with zero attached hydrogens (tertiary/aromatic N) is 4. The van der Waals surface area contributed by atoms with E-state index in [0.29, 0.717) is 6.54 Å². The lowest BCUT2D eigenvalue weighted by Gasteiger charge is -2.19. The first kappa shape index (κ1) is 14.9. The first-order valence-corrected chi connectivity index (χ1v) is 7.18. The predicted molar refractivity (Wildman–Crippen MR) is 77.1 cm³/mol. The van der Waals surface area contributed by atoms with E-state index in [4.69, 9.17) is 11.6 Å². The Bertz CT molecular complexity index is 463. The standard InChI is InChI=1S/C12H18ClN5O2/c13-12-15-9-10(18(19)20)11(16-12)14-5-8-17-6-3-1-2-4-7-17/h9H,1-8H2,(H,14,15,16). The number of hydrogen-bond acceptors (Lipinski definition) is 6. The van der Waals surface area contributed by atoms with Crippen LogP contribution >= 0.6 is 11.6 Å². The lowest BCUT2D eigenvalue weighted by molar-refractivity contribution is -0.384. The summed E-state index contributed by atoms with van der Waals surface area (Å²) < 4.78 is 0. The first-order valence-electron chi connectivity index (χ1n) is 6.80. The van der Waals surface area contributed by atoms with Crippen LogP contribution in [0.15, 0.2) is 6.20 Å². The molecule has 0 atom stereocenters. The third kappa shape index (κ3) is 4.28. The summed E-state index contributed by atoms with van der Waals surface area (Å²) in [5, 5.41) is 13.9. The van der Waals surface area contributed by atoms with Gasteiger partial charge < -0.3 is 10.2 Å². The second kappa shape index (κ2) is 7.35. The molecule has 1 saturated heterocycles. The van der Waals surface area contributed by atoms with E-state index in [2.05, 4.69) is 20.2 Å². The molecule has 2 heterocycles. The second-order valence-electron chi connectivity index (χ2n) is 4.81. The summed E-state index contributed by atoms with van der Waals surface area (Å²) in [7, 11) is 0. The van der Waals surface area contributed by atoms with Crippen molar-refractivity contribution in [3.63, 3.8) is 0 Å². The SMILES string of the molecule is O=[N+]([O-])c1cnc(Cl)nc1NCCN1CCCCCC1. The number of likely N-dealkylation sites (tertiary alicyclic amines) is 1. The highest BCUT2D eigenvalue weighted by atomic mass is 35.5. The topological polar surface area (TPSA) is 84.2 Å². The minimum Gasteiger partial charge on any atom is -0.363 e. The van der Waals surface area contributed by atoms with Gasteiger partial charge in [0.25, 0.3) is 0 Å². The highest BCUT2D eigenvalue weighted by Gasteiger charge is 2.17. The summed E-state index contributed by atoms with van der Waals surface area (Å²) >= 11 is 5.68. The Labute approximate surface area is 122 Å². The number of nitrogens with one attached hydrogen (secondary N) is 1. The summed E-state index contributed by atoms with van der Waals surface area (Å²) in [6, 6.07) is 0. The molecule has 8 heteroatoms. The zero-order valence-electron chi connectivity index (χ0n) is 11.2. The highest BCUT2D eigenvalue weighted by Crippen LogP contribution is 2.21. The van der Waals surface area contributed by atoms with Crippen molar-refractivity contribution in [2.24, 2.45) is 0 Å². The monoisotopic (exact) mass is 299 g/mol. The van der Waals surface area contributed by atoms with E-state index < -0.39 is 4.92 Å². The van der Waals surface area contributed by atoms with Crippen LogP contribution in [0, 0.1) is 10.1 Å². The first-order chi connectivity index (χ1) is 9.66. The van der Waals surface area contributed by atoms with Crippen molar-refractivity contribution in [1.29, 1.82) is 0 Å². The Hall–Kier alpha value is -1.47. The lowest BCUT2D eigenvalue weighted by Crippen LogP contribution is -2.30. The molecule has 1 aliphatic rings. The fraction of sp³-hybridized carbons (Fsp3) is 0.667. The minimum absolute atomic E-state index is 0.00729. The lowest BCUT2D eigenvalue weighted by atomic mass is 10.2. The maximum atomic E-state index is 10.9. The minimum atomic E-state index is -0.509.